The number of aromatic nitrogens is 1. The SMILES string of the molecule is CCCNc1cncc(NC2CCN(C)C2)c1. The molecule has 17 heavy (non-hydrogen) atoms. The van der Waals surface area contributed by atoms with Gasteiger partial charge in [-0.25, -0.2) is 0 Å². The van der Waals surface area contributed by atoms with Gasteiger partial charge >= 0.3 is 0 Å². The lowest BCUT2D eigenvalue weighted by molar-refractivity contribution is 0.414. The molecule has 0 bridgehead atoms. The monoisotopic (exact) mass is 234 g/mol. The number of likely N-dealkylation sites (N-methyl/N-ethyl adjacent to an activating group) is 1. The maximum Gasteiger partial charge on any atom is 0.0550 e. The molecule has 0 aliphatic carbocycles. The van der Waals surface area contributed by atoms with Crippen LogP contribution in [0.1, 0.15) is 19.8 Å². The molecule has 2 heterocycles. The normalized spacial score (nSPS) is 20.5. The number of nitrogens with one attached hydrogen (secondary N) is 2. The van der Waals surface area contributed by atoms with E-state index in [1.807, 2.05) is 12.4 Å². The molecule has 0 radical (unpaired) electrons. The van der Waals surface area contributed by atoms with Gasteiger partial charge in [0.25, 0.3) is 0 Å². The number of anilines is 2. The van der Waals surface area contributed by atoms with Crippen LogP contribution in [0.2, 0.25) is 0 Å². The Kier molecular flexibility index (Phi) is 4.20. The minimum Gasteiger partial charge on any atom is -0.384 e. The van der Waals surface area contributed by atoms with E-state index in [4.69, 9.17) is 0 Å². The predicted molar refractivity (Wildman–Crippen MR) is 72.5 cm³/mol. The minimum atomic E-state index is 0.559. The fourth-order valence-electron chi connectivity index (χ4n) is 2.17. The van der Waals surface area contributed by atoms with Gasteiger partial charge in [0.1, 0.15) is 0 Å². The number of hydrogen-bond acceptors (Lipinski definition) is 4. The first-order chi connectivity index (χ1) is 8.28. The van der Waals surface area contributed by atoms with Crippen LogP contribution in [0.25, 0.3) is 0 Å². The molecule has 1 aliphatic rings. The summed E-state index contributed by atoms with van der Waals surface area (Å²) < 4.78 is 0. The highest BCUT2D eigenvalue weighted by Crippen LogP contribution is 2.17. The van der Waals surface area contributed by atoms with Gasteiger partial charge in [-0.15, -0.1) is 0 Å². The van der Waals surface area contributed by atoms with Crippen molar-refractivity contribution in [1.29, 1.82) is 0 Å². The summed E-state index contributed by atoms with van der Waals surface area (Å²) in [5.74, 6) is 0. The molecule has 1 unspecified atom stereocenters. The van der Waals surface area contributed by atoms with Crippen LogP contribution in [0.15, 0.2) is 18.5 Å². The quantitative estimate of drug-likeness (QED) is 0.817. The minimum absolute atomic E-state index is 0.559. The molecule has 2 rings (SSSR count). The van der Waals surface area contributed by atoms with Gasteiger partial charge in [-0.2, -0.15) is 0 Å². The van der Waals surface area contributed by atoms with Crippen molar-refractivity contribution < 1.29 is 0 Å². The molecule has 4 nitrogen and oxygen atoms in total. The van der Waals surface area contributed by atoms with E-state index in [-0.39, 0.29) is 0 Å². The van der Waals surface area contributed by atoms with Crippen LogP contribution in [0.5, 0.6) is 0 Å². The fourth-order valence-corrected chi connectivity index (χ4v) is 2.17. The molecule has 0 amide bonds. The molecule has 0 spiro atoms. The lowest BCUT2D eigenvalue weighted by Gasteiger charge is -2.15. The summed E-state index contributed by atoms with van der Waals surface area (Å²) in [4.78, 5) is 6.61. The van der Waals surface area contributed by atoms with E-state index in [0.717, 1.165) is 30.9 Å². The van der Waals surface area contributed by atoms with E-state index in [1.54, 1.807) is 0 Å². The Labute approximate surface area is 103 Å². The molecular formula is C13H22N4. The standard InChI is InChI=1S/C13H22N4/c1-3-5-15-12-7-13(9-14-8-12)16-11-4-6-17(2)10-11/h7-9,11,15-16H,3-6,10H2,1-2H3. The second kappa shape index (κ2) is 5.87. The van der Waals surface area contributed by atoms with Crippen LogP contribution in [-0.2, 0) is 0 Å². The molecule has 1 fully saturated rings. The zero-order chi connectivity index (χ0) is 12.1. The topological polar surface area (TPSA) is 40.2 Å². The number of nitrogens with zero attached hydrogens (tertiary/aromatic N) is 2. The maximum absolute atomic E-state index is 4.26. The zero-order valence-corrected chi connectivity index (χ0v) is 10.7. The predicted octanol–water partition coefficient (Wildman–Crippen LogP) is 2.02. The Hall–Kier alpha value is -1.29. The third-order valence-corrected chi connectivity index (χ3v) is 3.08. The molecular weight excluding hydrogens is 212 g/mol. The summed E-state index contributed by atoms with van der Waals surface area (Å²) in [6.45, 7) is 5.46. The summed E-state index contributed by atoms with van der Waals surface area (Å²) in [6, 6.07) is 2.70. The summed E-state index contributed by atoms with van der Waals surface area (Å²) in [5, 5.41) is 6.90. The van der Waals surface area contributed by atoms with Crippen molar-refractivity contribution in [2.75, 3.05) is 37.3 Å². The summed E-state index contributed by atoms with van der Waals surface area (Å²) >= 11 is 0. The van der Waals surface area contributed by atoms with Crippen LogP contribution in [0.3, 0.4) is 0 Å². The molecule has 1 aromatic rings. The Balaban J connectivity index is 1.91. The van der Waals surface area contributed by atoms with Gasteiger partial charge in [0, 0.05) is 19.1 Å². The van der Waals surface area contributed by atoms with Crippen molar-refractivity contribution in [3.63, 3.8) is 0 Å². The number of likely N-dealkylation sites (tertiary alicyclic amines) is 1. The Morgan fingerprint density at radius 2 is 2.24 bits per heavy atom. The van der Waals surface area contributed by atoms with Crippen molar-refractivity contribution in [1.82, 2.24) is 9.88 Å². The molecule has 0 saturated carbocycles. The molecule has 4 heteroatoms. The van der Waals surface area contributed by atoms with Gasteiger partial charge in [-0.05, 0) is 32.5 Å². The fraction of sp³-hybridized carbons (Fsp3) is 0.615. The van der Waals surface area contributed by atoms with E-state index in [2.05, 4.69) is 40.6 Å². The highest BCUT2D eigenvalue weighted by Gasteiger charge is 2.18. The van der Waals surface area contributed by atoms with E-state index in [1.165, 1.54) is 13.0 Å². The van der Waals surface area contributed by atoms with Crippen LogP contribution < -0.4 is 10.6 Å². The average molecular weight is 234 g/mol. The second-order valence-electron chi connectivity index (χ2n) is 4.78. The van der Waals surface area contributed by atoms with Gasteiger partial charge in [-0.3, -0.25) is 4.98 Å². The second-order valence-corrected chi connectivity index (χ2v) is 4.78. The lowest BCUT2D eigenvalue weighted by atomic mass is 10.2. The molecule has 94 valence electrons. The van der Waals surface area contributed by atoms with E-state index < -0.39 is 0 Å². The van der Waals surface area contributed by atoms with Crippen LogP contribution in [0.4, 0.5) is 11.4 Å². The molecule has 2 N–H and O–H groups in total. The van der Waals surface area contributed by atoms with Crippen molar-refractivity contribution in [3.05, 3.63) is 18.5 Å². The number of rotatable bonds is 5. The first-order valence-corrected chi connectivity index (χ1v) is 6.42. The molecule has 1 atom stereocenters. The average Bonchev–Trinajstić information content (AvgIpc) is 2.73. The molecule has 1 saturated heterocycles. The van der Waals surface area contributed by atoms with Crippen molar-refractivity contribution >= 4 is 11.4 Å². The number of hydrogen-bond donors (Lipinski definition) is 2. The Bertz CT molecular complexity index is 353. The van der Waals surface area contributed by atoms with Gasteiger partial charge < -0.3 is 15.5 Å². The summed E-state index contributed by atoms with van der Waals surface area (Å²) in [7, 11) is 2.17. The van der Waals surface area contributed by atoms with Gasteiger partial charge in [-0.1, -0.05) is 6.92 Å². The highest BCUT2D eigenvalue weighted by molar-refractivity contribution is 5.54. The maximum atomic E-state index is 4.26. The van der Waals surface area contributed by atoms with Crippen molar-refractivity contribution in [3.8, 4) is 0 Å². The lowest BCUT2D eigenvalue weighted by Crippen LogP contribution is -2.23. The van der Waals surface area contributed by atoms with Gasteiger partial charge in [0.05, 0.1) is 23.8 Å². The zero-order valence-electron chi connectivity index (χ0n) is 10.7. The summed E-state index contributed by atoms with van der Waals surface area (Å²) in [6.07, 6.45) is 6.12. The third kappa shape index (κ3) is 3.60. The van der Waals surface area contributed by atoms with Crippen LogP contribution in [0, 0.1) is 0 Å². The van der Waals surface area contributed by atoms with E-state index in [0.29, 0.717) is 6.04 Å². The van der Waals surface area contributed by atoms with Crippen molar-refractivity contribution in [2.24, 2.45) is 0 Å². The Morgan fingerprint density at radius 3 is 2.94 bits per heavy atom. The highest BCUT2D eigenvalue weighted by atomic mass is 15.2. The molecule has 0 aromatic carbocycles. The van der Waals surface area contributed by atoms with Crippen LogP contribution >= 0.6 is 0 Å². The van der Waals surface area contributed by atoms with E-state index >= 15 is 0 Å². The first-order valence-electron chi connectivity index (χ1n) is 6.42. The van der Waals surface area contributed by atoms with Crippen LogP contribution in [-0.4, -0.2) is 42.6 Å². The molecule has 1 aromatic heterocycles. The molecule has 1 aliphatic heterocycles. The first kappa shape index (κ1) is 12.2. The van der Waals surface area contributed by atoms with Crippen molar-refractivity contribution in [2.45, 2.75) is 25.8 Å². The van der Waals surface area contributed by atoms with E-state index in [9.17, 15) is 0 Å². The third-order valence-electron chi connectivity index (χ3n) is 3.08. The largest absolute Gasteiger partial charge is 0.384 e. The number of pyridine rings is 1. The smallest absolute Gasteiger partial charge is 0.0550 e. The van der Waals surface area contributed by atoms with Gasteiger partial charge in [0.2, 0.25) is 0 Å². The van der Waals surface area contributed by atoms with Gasteiger partial charge in [0.15, 0.2) is 0 Å². The summed E-state index contributed by atoms with van der Waals surface area (Å²) in [5.41, 5.74) is 2.22. The Morgan fingerprint density at radius 1 is 1.41 bits per heavy atom.